The monoisotopic (exact) mass is 198 g/mol. The van der Waals surface area contributed by atoms with Crippen LogP contribution in [0.1, 0.15) is 33.6 Å². The van der Waals surface area contributed by atoms with E-state index in [1.54, 1.807) is 0 Å². The molecular weight excluding hydrogens is 172 g/mol. The largest absolute Gasteiger partial charge is 0.302 e. The number of nitrogens with zero attached hydrogens (tertiary/aromatic N) is 2. The standard InChI is InChI=1S/C12H26N2/c1-5-14(9-11(2)3)10-12-7-6-8-13(12)4/h11-12H,5-10H2,1-4H3. The smallest absolute Gasteiger partial charge is 0.0220 e. The van der Waals surface area contributed by atoms with E-state index in [-0.39, 0.29) is 0 Å². The SMILES string of the molecule is CCN(CC(C)C)CC1CCCN1C. The molecule has 14 heavy (non-hydrogen) atoms. The Bertz CT molecular complexity index is 156. The molecule has 1 fully saturated rings. The third-order valence-electron chi connectivity index (χ3n) is 3.21. The maximum absolute atomic E-state index is 2.59. The lowest BCUT2D eigenvalue weighted by molar-refractivity contribution is 0.185. The van der Waals surface area contributed by atoms with Crippen molar-refractivity contribution in [3.8, 4) is 0 Å². The van der Waals surface area contributed by atoms with Crippen molar-refractivity contribution < 1.29 is 0 Å². The molecule has 1 heterocycles. The Morgan fingerprint density at radius 2 is 2.14 bits per heavy atom. The summed E-state index contributed by atoms with van der Waals surface area (Å²) in [6.07, 6.45) is 2.78. The molecule has 0 aromatic carbocycles. The van der Waals surface area contributed by atoms with Gasteiger partial charge in [0.15, 0.2) is 0 Å². The van der Waals surface area contributed by atoms with Crippen molar-refractivity contribution in [1.82, 2.24) is 9.80 Å². The average Bonchev–Trinajstić information content (AvgIpc) is 2.50. The van der Waals surface area contributed by atoms with E-state index in [0.717, 1.165) is 12.0 Å². The molecule has 1 rings (SSSR count). The Morgan fingerprint density at radius 1 is 1.43 bits per heavy atom. The Kier molecular flexibility index (Phi) is 4.90. The van der Waals surface area contributed by atoms with Crippen LogP contribution >= 0.6 is 0 Å². The molecule has 1 atom stereocenters. The van der Waals surface area contributed by atoms with Crippen molar-refractivity contribution in [2.24, 2.45) is 5.92 Å². The summed E-state index contributed by atoms with van der Waals surface area (Å²) in [6.45, 7) is 11.9. The highest BCUT2D eigenvalue weighted by atomic mass is 15.2. The topological polar surface area (TPSA) is 6.48 Å². The second-order valence-corrected chi connectivity index (χ2v) is 5.02. The summed E-state index contributed by atoms with van der Waals surface area (Å²) in [5, 5.41) is 0. The van der Waals surface area contributed by atoms with Crippen LogP contribution < -0.4 is 0 Å². The zero-order chi connectivity index (χ0) is 10.6. The number of hydrogen-bond acceptors (Lipinski definition) is 2. The fourth-order valence-corrected chi connectivity index (χ4v) is 2.36. The van der Waals surface area contributed by atoms with Gasteiger partial charge in [-0.3, -0.25) is 0 Å². The van der Waals surface area contributed by atoms with Gasteiger partial charge in [0.1, 0.15) is 0 Å². The van der Waals surface area contributed by atoms with Crippen molar-refractivity contribution in [1.29, 1.82) is 0 Å². The van der Waals surface area contributed by atoms with E-state index in [2.05, 4.69) is 37.6 Å². The molecule has 0 saturated carbocycles. The predicted molar refractivity (Wildman–Crippen MR) is 62.6 cm³/mol. The molecule has 0 spiro atoms. The summed E-state index contributed by atoms with van der Waals surface area (Å²) in [5.41, 5.74) is 0. The highest BCUT2D eigenvalue weighted by molar-refractivity contribution is 4.79. The summed E-state index contributed by atoms with van der Waals surface area (Å²) >= 11 is 0. The zero-order valence-corrected chi connectivity index (χ0v) is 10.3. The van der Waals surface area contributed by atoms with Crippen LogP contribution in [0.4, 0.5) is 0 Å². The minimum Gasteiger partial charge on any atom is -0.302 e. The fourth-order valence-electron chi connectivity index (χ4n) is 2.36. The van der Waals surface area contributed by atoms with Crippen LogP contribution in [0.2, 0.25) is 0 Å². The van der Waals surface area contributed by atoms with Crippen LogP contribution in [0.3, 0.4) is 0 Å². The minimum atomic E-state index is 0.793. The molecule has 1 unspecified atom stereocenters. The molecule has 84 valence electrons. The van der Waals surface area contributed by atoms with Gasteiger partial charge in [0, 0.05) is 19.1 Å². The lowest BCUT2D eigenvalue weighted by Crippen LogP contribution is -2.40. The molecule has 0 radical (unpaired) electrons. The van der Waals surface area contributed by atoms with Gasteiger partial charge >= 0.3 is 0 Å². The van der Waals surface area contributed by atoms with E-state index in [1.807, 2.05) is 0 Å². The quantitative estimate of drug-likeness (QED) is 0.667. The van der Waals surface area contributed by atoms with Crippen molar-refractivity contribution in [3.05, 3.63) is 0 Å². The zero-order valence-electron chi connectivity index (χ0n) is 10.3. The Labute approximate surface area is 89.3 Å². The Hall–Kier alpha value is -0.0800. The van der Waals surface area contributed by atoms with Gasteiger partial charge in [0.05, 0.1) is 0 Å². The van der Waals surface area contributed by atoms with Crippen molar-refractivity contribution in [2.75, 3.05) is 33.2 Å². The van der Waals surface area contributed by atoms with Gasteiger partial charge in [-0.1, -0.05) is 20.8 Å². The van der Waals surface area contributed by atoms with Gasteiger partial charge in [0.2, 0.25) is 0 Å². The molecule has 0 aliphatic carbocycles. The van der Waals surface area contributed by atoms with Gasteiger partial charge in [-0.25, -0.2) is 0 Å². The van der Waals surface area contributed by atoms with Gasteiger partial charge < -0.3 is 9.80 Å². The third-order valence-corrected chi connectivity index (χ3v) is 3.21. The molecule has 0 bridgehead atoms. The van der Waals surface area contributed by atoms with Crippen LogP contribution in [0.25, 0.3) is 0 Å². The van der Waals surface area contributed by atoms with E-state index in [4.69, 9.17) is 0 Å². The van der Waals surface area contributed by atoms with Gasteiger partial charge in [-0.15, -0.1) is 0 Å². The van der Waals surface area contributed by atoms with Gasteiger partial charge in [0.25, 0.3) is 0 Å². The molecule has 0 amide bonds. The van der Waals surface area contributed by atoms with Crippen molar-refractivity contribution in [2.45, 2.75) is 39.7 Å². The first-order valence-corrected chi connectivity index (χ1v) is 6.06. The summed E-state index contributed by atoms with van der Waals surface area (Å²) in [4.78, 5) is 5.11. The fraction of sp³-hybridized carbons (Fsp3) is 1.00. The van der Waals surface area contributed by atoms with Gasteiger partial charge in [-0.05, 0) is 38.9 Å². The molecule has 0 N–H and O–H groups in total. The van der Waals surface area contributed by atoms with Crippen molar-refractivity contribution in [3.63, 3.8) is 0 Å². The van der Waals surface area contributed by atoms with E-state index >= 15 is 0 Å². The molecule has 1 aliphatic rings. The molecule has 1 saturated heterocycles. The first-order valence-electron chi connectivity index (χ1n) is 6.06. The second kappa shape index (κ2) is 5.72. The Balaban J connectivity index is 2.31. The lowest BCUT2D eigenvalue weighted by Gasteiger charge is -2.29. The minimum absolute atomic E-state index is 0.793. The molecule has 0 aromatic heterocycles. The molecule has 2 nitrogen and oxygen atoms in total. The van der Waals surface area contributed by atoms with E-state index < -0.39 is 0 Å². The molecule has 2 heteroatoms. The summed E-state index contributed by atoms with van der Waals surface area (Å²) in [7, 11) is 2.26. The average molecular weight is 198 g/mol. The summed E-state index contributed by atoms with van der Waals surface area (Å²) in [5.74, 6) is 0.793. The van der Waals surface area contributed by atoms with Crippen LogP contribution in [-0.2, 0) is 0 Å². The van der Waals surface area contributed by atoms with Crippen LogP contribution in [0.5, 0.6) is 0 Å². The maximum atomic E-state index is 2.59. The van der Waals surface area contributed by atoms with Crippen LogP contribution in [0, 0.1) is 5.92 Å². The summed E-state index contributed by atoms with van der Waals surface area (Å²) < 4.78 is 0. The number of likely N-dealkylation sites (N-methyl/N-ethyl adjacent to an activating group) is 2. The van der Waals surface area contributed by atoms with Crippen LogP contribution in [-0.4, -0.2) is 49.1 Å². The molecule has 0 aromatic rings. The highest BCUT2D eigenvalue weighted by Gasteiger charge is 2.22. The second-order valence-electron chi connectivity index (χ2n) is 5.02. The predicted octanol–water partition coefficient (Wildman–Crippen LogP) is 2.06. The first-order chi connectivity index (χ1) is 6.63. The van der Waals surface area contributed by atoms with Gasteiger partial charge in [-0.2, -0.15) is 0 Å². The normalized spacial score (nSPS) is 24.0. The van der Waals surface area contributed by atoms with Crippen molar-refractivity contribution >= 4 is 0 Å². The van der Waals surface area contributed by atoms with E-state index in [1.165, 1.54) is 39.0 Å². The van der Waals surface area contributed by atoms with E-state index in [0.29, 0.717) is 0 Å². The maximum Gasteiger partial charge on any atom is 0.0220 e. The number of hydrogen-bond donors (Lipinski definition) is 0. The number of rotatable bonds is 5. The summed E-state index contributed by atoms with van der Waals surface area (Å²) in [6, 6.07) is 0.814. The Morgan fingerprint density at radius 3 is 2.57 bits per heavy atom. The molecule has 1 aliphatic heterocycles. The van der Waals surface area contributed by atoms with Crippen LogP contribution in [0.15, 0.2) is 0 Å². The van der Waals surface area contributed by atoms with E-state index in [9.17, 15) is 0 Å². The highest BCUT2D eigenvalue weighted by Crippen LogP contribution is 2.16. The third kappa shape index (κ3) is 3.58. The molecular formula is C12H26N2. The lowest BCUT2D eigenvalue weighted by atomic mass is 10.1. The number of likely N-dealkylation sites (tertiary alicyclic amines) is 1. The first kappa shape index (κ1) is 12.0.